The molecule has 1 heterocycles. The molecule has 2 aliphatic rings. The highest BCUT2D eigenvalue weighted by molar-refractivity contribution is 9.10. The highest BCUT2D eigenvalue weighted by Crippen LogP contribution is 2.50. The Morgan fingerprint density at radius 2 is 1.77 bits per heavy atom. The van der Waals surface area contributed by atoms with Crippen molar-refractivity contribution >= 4 is 37.5 Å². The number of rotatable bonds is 3. The zero-order chi connectivity index (χ0) is 22.4. The molecular formula is C24H29BrN2O3S. The first kappa shape index (κ1) is 22.5. The van der Waals surface area contributed by atoms with Gasteiger partial charge in [0, 0.05) is 33.2 Å². The number of sulfonamides is 1. The molecule has 0 radical (unpaired) electrons. The Balaban J connectivity index is 1.70. The number of carbonyl (C=O) groups is 1. The fourth-order valence-corrected chi connectivity index (χ4v) is 6.72. The van der Waals surface area contributed by atoms with E-state index in [-0.39, 0.29) is 16.2 Å². The van der Waals surface area contributed by atoms with E-state index in [0.717, 1.165) is 23.0 Å². The van der Waals surface area contributed by atoms with Crippen LogP contribution in [0.3, 0.4) is 0 Å². The van der Waals surface area contributed by atoms with Gasteiger partial charge in [0.2, 0.25) is 10.0 Å². The molecule has 1 amide bonds. The van der Waals surface area contributed by atoms with Crippen LogP contribution in [0, 0.1) is 0 Å². The standard InChI is InChI=1S/C24H29BrN2O3S/c1-23(2,3)26-31(29,30)19-9-7-8-17(14-19)22(28)27-16-24(12-5-4-6-13-24)20-15-18(25)10-11-21(20)27/h7-11,14-15,26H,4-6,12-13,16H2,1-3H3. The summed E-state index contributed by atoms with van der Waals surface area (Å²) in [6, 6.07) is 12.5. The van der Waals surface area contributed by atoms with Crippen molar-refractivity contribution in [1.82, 2.24) is 4.72 Å². The van der Waals surface area contributed by atoms with E-state index >= 15 is 0 Å². The Labute approximate surface area is 193 Å². The molecule has 2 aromatic carbocycles. The van der Waals surface area contributed by atoms with Crippen molar-refractivity contribution in [3.63, 3.8) is 0 Å². The molecule has 1 spiro atoms. The molecule has 0 saturated heterocycles. The Bertz CT molecular complexity index is 1120. The highest BCUT2D eigenvalue weighted by Gasteiger charge is 2.45. The second kappa shape index (κ2) is 8.01. The van der Waals surface area contributed by atoms with E-state index in [1.807, 2.05) is 17.0 Å². The quantitative estimate of drug-likeness (QED) is 0.609. The molecule has 0 bridgehead atoms. The monoisotopic (exact) mass is 504 g/mol. The molecular weight excluding hydrogens is 476 g/mol. The van der Waals surface area contributed by atoms with Gasteiger partial charge in [-0.3, -0.25) is 4.79 Å². The first-order valence-corrected chi connectivity index (χ1v) is 13.0. The Kier molecular flexibility index (Phi) is 5.82. The number of fused-ring (bicyclic) bond motifs is 2. The summed E-state index contributed by atoms with van der Waals surface area (Å²) in [6.07, 6.45) is 5.72. The lowest BCUT2D eigenvalue weighted by Crippen LogP contribution is -2.40. The molecule has 1 fully saturated rings. The molecule has 2 aromatic rings. The Morgan fingerprint density at radius 1 is 1.06 bits per heavy atom. The van der Waals surface area contributed by atoms with Gasteiger partial charge in [-0.2, -0.15) is 0 Å². The van der Waals surface area contributed by atoms with Crippen LogP contribution in [0.15, 0.2) is 51.8 Å². The summed E-state index contributed by atoms with van der Waals surface area (Å²) in [7, 11) is -3.72. The SMILES string of the molecule is CC(C)(C)NS(=O)(=O)c1cccc(C(=O)N2CC3(CCCCC3)c3cc(Br)ccc32)c1. The van der Waals surface area contributed by atoms with Gasteiger partial charge in [0.1, 0.15) is 0 Å². The van der Waals surface area contributed by atoms with Crippen LogP contribution >= 0.6 is 15.9 Å². The summed E-state index contributed by atoms with van der Waals surface area (Å²) >= 11 is 3.59. The molecule has 31 heavy (non-hydrogen) atoms. The van der Waals surface area contributed by atoms with Gasteiger partial charge >= 0.3 is 0 Å². The summed E-state index contributed by atoms with van der Waals surface area (Å²) in [6.45, 7) is 6.03. The van der Waals surface area contributed by atoms with Gasteiger partial charge in [-0.25, -0.2) is 13.1 Å². The zero-order valence-electron chi connectivity index (χ0n) is 18.2. The van der Waals surface area contributed by atoms with E-state index in [1.54, 1.807) is 32.9 Å². The van der Waals surface area contributed by atoms with Crippen LogP contribution < -0.4 is 9.62 Å². The minimum absolute atomic E-state index is 0.00942. The third kappa shape index (κ3) is 4.45. The van der Waals surface area contributed by atoms with Gasteiger partial charge in [-0.05, 0) is 75.6 Å². The predicted molar refractivity (Wildman–Crippen MR) is 127 cm³/mol. The minimum Gasteiger partial charge on any atom is -0.307 e. The van der Waals surface area contributed by atoms with Crippen LogP contribution in [0.4, 0.5) is 5.69 Å². The van der Waals surface area contributed by atoms with Crippen molar-refractivity contribution < 1.29 is 13.2 Å². The maximum Gasteiger partial charge on any atom is 0.258 e. The number of hydrogen-bond acceptors (Lipinski definition) is 3. The lowest BCUT2D eigenvalue weighted by Gasteiger charge is -2.34. The van der Waals surface area contributed by atoms with Crippen molar-refractivity contribution in [1.29, 1.82) is 0 Å². The number of nitrogens with zero attached hydrogens (tertiary/aromatic N) is 1. The molecule has 5 nitrogen and oxygen atoms in total. The average Bonchev–Trinajstić information content (AvgIpc) is 2.99. The summed E-state index contributed by atoms with van der Waals surface area (Å²) in [5.41, 5.74) is 1.95. The van der Waals surface area contributed by atoms with E-state index < -0.39 is 15.6 Å². The predicted octanol–water partition coefficient (Wildman–Crippen LogP) is 5.39. The van der Waals surface area contributed by atoms with E-state index in [1.165, 1.54) is 37.0 Å². The Morgan fingerprint density at radius 3 is 2.45 bits per heavy atom. The van der Waals surface area contributed by atoms with Crippen LogP contribution in [-0.4, -0.2) is 26.4 Å². The topological polar surface area (TPSA) is 66.5 Å². The summed E-state index contributed by atoms with van der Waals surface area (Å²) < 4.78 is 29.2. The lowest BCUT2D eigenvalue weighted by molar-refractivity contribution is 0.0982. The van der Waals surface area contributed by atoms with Gasteiger partial charge in [-0.1, -0.05) is 41.3 Å². The molecule has 0 unspecified atom stereocenters. The fourth-order valence-electron chi connectivity index (χ4n) is 4.89. The molecule has 166 valence electrons. The van der Waals surface area contributed by atoms with Gasteiger partial charge < -0.3 is 4.90 Å². The number of anilines is 1. The van der Waals surface area contributed by atoms with Crippen LogP contribution in [0.5, 0.6) is 0 Å². The van der Waals surface area contributed by atoms with Gasteiger partial charge in [0.05, 0.1) is 4.90 Å². The summed E-state index contributed by atoms with van der Waals surface area (Å²) in [5.74, 6) is -0.154. The van der Waals surface area contributed by atoms with E-state index in [0.29, 0.717) is 12.1 Å². The van der Waals surface area contributed by atoms with Crippen LogP contribution in [-0.2, 0) is 15.4 Å². The molecule has 7 heteroatoms. The van der Waals surface area contributed by atoms with Gasteiger partial charge in [0.15, 0.2) is 0 Å². The zero-order valence-corrected chi connectivity index (χ0v) is 20.6. The minimum atomic E-state index is -3.72. The average molecular weight is 505 g/mol. The van der Waals surface area contributed by atoms with Crippen LogP contribution in [0.2, 0.25) is 0 Å². The second-order valence-electron chi connectivity index (χ2n) is 9.78. The first-order chi connectivity index (χ1) is 14.5. The molecule has 1 aliphatic carbocycles. The molecule has 1 saturated carbocycles. The summed E-state index contributed by atoms with van der Waals surface area (Å²) in [5, 5.41) is 0. The van der Waals surface area contributed by atoms with Crippen molar-refractivity contribution in [3.05, 3.63) is 58.1 Å². The summed E-state index contributed by atoms with van der Waals surface area (Å²) in [4.78, 5) is 15.5. The highest BCUT2D eigenvalue weighted by atomic mass is 79.9. The number of carbonyl (C=O) groups excluding carboxylic acids is 1. The largest absolute Gasteiger partial charge is 0.307 e. The maximum atomic E-state index is 13.6. The third-order valence-electron chi connectivity index (χ3n) is 6.17. The number of halogens is 1. The molecule has 0 aromatic heterocycles. The molecule has 1 aliphatic heterocycles. The second-order valence-corrected chi connectivity index (χ2v) is 12.4. The van der Waals surface area contributed by atoms with E-state index in [4.69, 9.17) is 0 Å². The van der Waals surface area contributed by atoms with Crippen molar-refractivity contribution in [3.8, 4) is 0 Å². The van der Waals surface area contributed by atoms with Crippen molar-refractivity contribution in [2.75, 3.05) is 11.4 Å². The lowest BCUT2D eigenvalue weighted by atomic mass is 9.71. The number of benzene rings is 2. The number of amides is 1. The molecule has 0 atom stereocenters. The van der Waals surface area contributed by atoms with Crippen LogP contribution in [0.1, 0.15) is 68.8 Å². The Hall–Kier alpha value is -1.70. The van der Waals surface area contributed by atoms with Crippen LogP contribution in [0.25, 0.3) is 0 Å². The van der Waals surface area contributed by atoms with Gasteiger partial charge in [0.25, 0.3) is 5.91 Å². The number of nitrogens with one attached hydrogen (secondary N) is 1. The third-order valence-corrected chi connectivity index (χ3v) is 8.42. The van der Waals surface area contributed by atoms with Gasteiger partial charge in [-0.15, -0.1) is 0 Å². The number of hydrogen-bond donors (Lipinski definition) is 1. The molecule has 1 N–H and O–H groups in total. The van der Waals surface area contributed by atoms with E-state index in [9.17, 15) is 13.2 Å². The first-order valence-electron chi connectivity index (χ1n) is 10.8. The van der Waals surface area contributed by atoms with Crippen molar-refractivity contribution in [2.24, 2.45) is 0 Å². The van der Waals surface area contributed by atoms with Crippen molar-refractivity contribution in [2.45, 2.75) is 68.7 Å². The normalized spacial score (nSPS) is 18.3. The maximum absolute atomic E-state index is 13.6. The molecule has 4 rings (SSSR count). The van der Waals surface area contributed by atoms with E-state index in [2.05, 4.69) is 26.7 Å². The fraction of sp³-hybridized carbons (Fsp3) is 0.458. The smallest absolute Gasteiger partial charge is 0.258 e.